The van der Waals surface area contributed by atoms with Crippen molar-refractivity contribution in [1.82, 2.24) is 4.90 Å². The quantitative estimate of drug-likeness (QED) is 0.478. The number of carbonyl (C=O) groups is 2. The van der Waals surface area contributed by atoms with Crippen LogP contribution in [-0.2, 0) is 28.5 Å². The molecule has 0 amide bonds. The maximum atomic E-state index is 12.4. The van der Waals surface area contributed by atoms with Gasteiger partial charge >= 0.3 is 11.9 Å². The van der Waals surface area contributed by atoms with E-state index in [-0.39, 0.29) is 18.0 Å². The molecule has 0 bridgehead atoms. The lowest BCUT2D eigenvalue weighted by atomic mass is 9.87. The first kappa shape index (κ1) is 24.1. The summed E-state index contributed by atoms with van der Waals surface area (Å²) in [4.78, 5) is 26.3. The molecule has 0 spiro atoms. The van der Waals surface area contributed by atoms with Gasteiger partial charge in [0.15, 0.2) is 6.10 Å². The zero-order valence-electron chi connectivity index (χ0n) is 18.6. The molecule has 2 fully saturated rings. The predicted octanol–water partition coefficient (Wildman–Crippen LogP) is 2.54. The second kappa shape index (κ2) is 10.2. The normalized spacial score (nSPS) is 26.6. The van der Waals surface area contributed by atoms with E-state index >= 15 is 0 Å². The lowest BCUT2D eigenvalue weighted by molar-refractivity contribution is -0.342. The molecule has 2 aliphatic rings. The van der Waals surface area contributed by atoms with Crippen LogP contribution in [-0.4, -0.2) is 60.4 Å². The van der Waals surface area contributed by atoms with Crippen molar-refractivity contribution in [2.24, 2.45) is 11.7 Å². The topological polar surface area (TPSA) is 100 Å². The van der Waals surface area contributed by atoms with Gasteiger partial charge in [0.1, 0.15) is 5.60 Å². The highest BCUT2D eigenvalue weighted by Crippen LogP contribution is 2.32. The van der Waals surface area contributed by atoms with Gasteiger partial charge in [0.25, 0.3) is 6.03 Å². The summed E-state index contributed by atoms with van der Waals surface area (Å²) in [6, 6.07) is -1.49. The molecule has 0 radical (unpaired) electrons. The van der Waals surface area contributed by atoms with Gasteiger partial charge in [-0.25, -0.2) is 9.69 Å². The van der Waals surface area contributed by atoms with Gasteiger partial charge in [0.2, 0.25) is 0 Å². The lowest BCUT2D eigenvalue weighted by Gasteiger charge is -2.42. The summed E-state index contributed by atoms with van der Waals surface area (Å²) >= 11 is 0. The molecule has 1 heterocycles. The summed E-state index contributed by atoms with van der Waals surface area (Å²) in [6.45, 7) is 10.8. The van der Waals surface area contributed by atoms with Gasteiger partial charge in [-0.2, -0.15) is 0 Å². The van der Waals surface area contributed by atoms with Crippen LogP contribution in [0.15, 0.2) is 0 Å². The fraction of sp³-hybridized carbons (Fsp3) is 0.905. The molecule has 0 aromatic rings. The van der Waals surface area contributed by atoms with Gasteiger partial charge < -0.3 is 18.9 Å². The molecule has 1 aliphatic heterocycles. The highest BCUT2D eigenvalue weighted by atomic mass is 16.8. The summed E-state index contributed by atoms with van der Waals surface area (Å²) in [7, 11) is 0. The molecular formula is C21H38N2O6. The van der Waals surface area contributed by atoms with E-state index in [2.05, 4.69) is 0 Å². The highest BCUT2D eigenvalue weighted by molar-refractivity contribution is 5.74. The number of rotatable bonds is 8. The molecule has 8 heteroatoms. The van der Waals surface area contributed by atoms with E-state index < -0.39 is 23.7 Å². The molecule has 0 aromatic carbocycles. The second-order valence-electron chi connectivity index (χ2n) is 8.96. The molecule has 2 rings (SSSR count). The van der Waals surface area contributed by atoms with Crippen LogP contribution < -0.4 is 5.73 Å². The third-order valence-corrected chi connectivity index (χ3v) is 5.26. The van der Waals surface area contributed by atoms with Crippen LogP contribution in [0.5, 0.6) is 0 Å². The van der Waals surface area contributed by atoms with Crippen molar-refractivity contribution >= 4 is 11.9 Å². The standard InChI is InChI=1S/C21H38N2O6/c1-6-26-19(25)16-9-11-17(12-10-16)28-21(22,23-13-7-8-14-23)27-15(2)18(24)29-20(3,4)5/h15-17H,6-14,22H2,1-5H3. The zero-order valence-corrected chi connectivity index (χ0v) is 18.6. The molecule has 1 saturated heterocycles. The minimum atomic E-state index is -1.49. The fourth-order valence-electron chi connectivity index (χ4n) is 3.81. The van der Waals surface area contributed by atoms with Crippen LogP contribution in [0.4, 0.5) is 0 Å². The van der Waals surface area contributed by atoms with E-state index in [0.29, 0.717) is 32.3 Å². The second-order valence-corrected chi connectivity index (χ2v) is 8.96. The summed E-state index contributed by atoms with van der Waals surface area (Å²) in [5.41, 5.74) is 5.96. The van der Waals surface area contributed by atoms with Gasteiger partial charge in [-0.3, -0.25) is 10.5 Å². The molecule has 1 aliphatic carbocycles. The van der Waals surface area contributed by atoms with Gasteiger partial charge in [0.05, 0.1) is 18.6 Å². The fourth-order valence-corrected chi connectivity index (χ4v) is 3.81. The first-order valence-electron chi connectivity index (χ1n) is 10.8. The van der Waals surface area contributed by atoms with Crippen LogP contribution in [0.2, 0.25) is 0 Å². The number of ether oxygens (including phenoxy) is 4. The summed E-state index contributed by atoms with van der Waals surface area (Å²) in [6.07, 6.45) is 3.78. The van der Waals surface area contributed by atoms with Crippen molar-refractivity contribution in [2.75, 3.05) is 19.7 Å². The van der Waals surface area contributed by atoms with Crippen LogP contribution in [0.3, 0.4) is 0 Å². The molecule has 29 heavy (non-hydrogen) atoms. The van der Waals surface area contributed by atoms with Gasteiger partial charge in [0, 0.05) is 13.1 Å². The Kier molecular flexibility index (Phi) is 8.46. The van der Waals surface area contributed by atoms with E-state index in [1.54, 1.807) is 6.92 Å². The number of hydrogen-bond acceptors (Lipinski definition) is 8. The third-order valence-electron chi connectivity index (χ3n) is 5.26. The van der Waals surface area contributed by atoms with Crippen molar-refractivity contribution in [2.45, 2.75) is 97.0 Å². The SMILES string of the molecule is CCOC(=O)C1CCC(OC(N)(OC(C)C(=O)OC(C)(C)C)N2CCCC2)CC1. The van der Waals surface area contributed by atoms with E-state index in [1.165, 1.54) is 0 Å². The van der Waals surface area contributed by atoms with E-state index in [4.69, 9.17) is 24.7 Å². The van der Waals surface area contributed by atoms with Crippen molar-refractivity contribution in [1.29, 1.82) is 0 Å². The molecule has 168 valence electrons. The van der Waals surface area contributed by atoms with Crippen molar-refractivity contribution in [3.05, 3.63) is 0 Å². The van der Waals surface area contributed by atoms with Crippen LogP contribution in [0.1, 0.15) is 73.1 Å². The van der Waals surface area contributed by atoms with Crippen molar-refractivity contribution < 1.29 is 28.5 Å². The smallest absolute Gasteiger partial charge is 0.335 e. The first-order chi connectivity index (χ1) is 13.5. The Hall–Kier alpha value is -1.22. The van der Waals surface area contributed by atoms with Crippen LogP contribution >= 0.6 is 0 Å². The Morgan fingerprint density at radius 3 is 2.21 bits per heavy atom. The summed E-state index contributed by atoms with van der Waals surface area (Å²) in [5.74, 6) is -0.698. The number of esters is 2. The van der Waals surface area contributed by atoms with Gasteiger partial charge in [-0.15, -0.1) is 0 Å². The largest absolute Gasteiger partial charge is 0.466 e. The zero-order chi connectivity index (χ0) is 21.7. The monoisotopic (exact) mass is 414 g/mol. The average molecular weight is 415 g/mol. The number of hydrogen-bond donors (Lipinski definition) is 1. The number of nitrogens with two attached hydrogens (primary N) is 1. The van der Waals surface area contributed by atoms with E-state index in [1.807, 2.05) is 32.6 Å². The molecule has 0 aromatic heterocycles. The third kappa shape index (κ3) is 7.20. The minimum Gasteiger partial charge on any atom is -0.466 e. The predicted molar refractivity (Wildman–Crippen MR) is 108 cm³/mol. The average Bonchev–Trinajstić information content (AvgIpc) is 3.16. The summed E-state index contributed by atoms with van der Waals surface area (Å²) in [5, 5.41) is 0. The Bertz CT molecular complexity index is 550. The molecular weight excluding hydrogens is 376 g/mol. The number of likely N-dealkylation sites (tertiary alicyclic amines) is 1. The Morgan fingerprint density at radius 1 is 1.10 bits per heavy atom. The van der Waals surface area contributed by atoms with E-state index in [9.17, 15) is 9.59 Å². The van der Waals surface area contributed by atoms with Crippen molar-refractivity contribution in [3.63, 3.8) is 0 Å². The molecule has 2 N–H and O–H groups in total. The molecule has 1 saturated carbocycles. The molecule has 8 nitrogen and oxygen atoms in total. The van der Waals surface area contributed by atoms with E-state index in [0.717, 1.165) is 25.9 Å². The highest BCUT2D eigenvalue weighted by Gasteiger charge is 2.43. The van der Waals surface area contributed by atoms with Gasteiger partial charge in [-0.05, 0) is 73.1 Å². The maximum absolute atomic E-state index is 12.4. The summed E-state index contributed by atoms with van der Waals surface area (Å²) < 4.78 is 22.7. The van der Waals surface area contributed by atoms with Gasteiger partial charge in [-0.1, -0.05) is 0 Å². The van der Waals surface area contributed by atoms with Crippen LogP contribution in [0, 0.1) is 5.92 Å². The first-order valence-corrected chi connectivity index (χ1v) is 10.8. The Labute approximate surface area is 174 Å². The lowest BCUT2D eigenvalue weighted by Crippen LogP contribution is -2.62. The Balaban J connectivity index is 1.99. The van der Waals surface area contributed by atoms with Crippen LogP contribution in [0.25, 0.3) is 0 Å². The molecule has 2 unspecified atom stereocenters. The minimum absolute atomic E-state index is 0.0876. The number of nitrogens with zero attached hydrogens (tertiary/aromatic N) is 1. The van der Waals surface area contributed by atoms with Crippen molar-refractivity contribution in [3.8, 4) is 0 Å². The Morgan fingerprint density at radius 2 is 1.69 bits per heavy atom. The number of carbonyl (C=O) groups excluding carboxylic acids is 2. The molecule has 2 atom stereocenters. The maximum Gasteiger partial charge on any atom is 0.335 e.